The van der Waals surface area contributed by atoms with Crippen LogP contribution in [0.25, 0.3) is 0 Å². The van der Waals surface area contributed by atoms with Crippen molar-refractivity contribution in [1.82, 2.24) is 5.32 Å². The number of phenolic OH excluding ortho intramolecular Hbond substituents is 1. The molecule has 7 nitrogen and oxygen atoms in total. The summed E-state index contributed by atoms with van der Waals surface area (Å²) in [5, 5.41) is 22.8. The molecule has 0 saturated heterocycles. The second-order valence-corrected chi connectivity index (χ2v) is 4.17. The first kappa shape index (κ1) is 13.6. The van der Waals surface area contributed by atoms with Crippen molar-refractivity contribution in [2.24, 2.45) is 0 Å². The smallest absolute Gasteiger partial charge is 0.282 e. The quantitative estimate of drug-likeness (QED) is 0.658. The number of nitro benzene ring substituents is 1. The third kappa shape index (κ3) is 2.77. The molecule has 2 N–H and O–H groups in total. The topological polar surface area (TPSA) is 106 Å². The Hall–Kier alpha value is -2.83. The van der Waals surface area contributed by atoms with Crippen LogP contribution < -0.4 is 5.32 Å². The van der Waals surface area contributed by atoms with Gasteiger partial charge in [-0.05, 0) is 31.2 Å². The summed E-state index contributed by atoms with van der Waals surface area (Å²) in [7, 11) is 0. The number of carbonyl (C=O) groups is 1. The molecule has 0 spiro atoms. The minimum Gasteiger partial charge on any atom is -0.508 e. The molecule has 2 aromatic rings. The molecule has 0 radical (unpaired) electrons. The number of furan rings is 1. The first-order chi connectivity index (χ1) is 9.49. The Kier molecular flexibility index (Phi) is 3.69. The fourth-order valence-corrected chi connectivity index (χ4v) is 1.75. The Morgan fingerprint density at radius 3 is 2.80 bits per heavy atom. The van der Waals surface area contributed by atoms with Crippen LogP contribution in [-0.2, 0) is 0 Å². The van der Waals surface area contributed by atoms with E-state index in [0.29, 0.717) is 5.76 Å². The second kappa shape index (κ2) is 5.43. The number of carbonyl (C=O) groups excluding carboxylic acids is 1. The monoisotopic (exact) mass is 276 g/mol. The van der Waals surface area contributed by atoms with Gasteiger partial charge in [0.15, 0.2) is 0 Å². The van der Waals surface area contributed by atoms with Gasteiger partial charge in [-0.1, -0.05) is 0 Å². The lowest BCUT2D eigenvalue weighted by atomic mass is 10.1. The molecule has 1 heterocycles. The molecular formula is C13H12N2O5. The van der Waals surface area contributed by atoms with E-state index in [4.69, 9.17) is 4.42 Å². The highest BCUT2D eigenvalue weighted by atomic mass is 16.6. The van der Waals surface area contributed by atoms with Gasteiger partial charge in [0.1, 0.15) is 17.1 Å². The zero-order valence-corrected chi connectivity index (χ0v) is 10.6. The number of aromatic hydroxyl groups is 1. The number of amides is 1. The summed E-state index contributed by atoms with van der Waals surface area (Å²) in [4.78, 5) is 22.3. The van der Waals surface area contributed by atoms with Crippen LogP contribution in [0.1, 0.15) is 29.1 Å². The largest absolute Gasteiger partial charge is 0.508 e. The van der Waals surface area contributed by atoms with E-state index in [1.54, 1.807) is 19.1 Å². The number of hydrogen-bond acceptors (Lipinski definition) is 5. The second-order valence-electron chi connectivity index (χ2n) is 4.17. The average molecular weight is 276 g/mol. The highest BCUT2D eigenvalue weighted by Gasteiger charge is 2.22. The molecule has 1 aromatic heterocycles. The molecule has 0 bridgehead atoms. The highest BCUT2D eigenvalue weighted by molar-refractivity contribution is 5.98. The van der Waals surface area contributed by atoms with E-state index in [1.165, 1.54) is 6.26 Å². The normalized spacial score (nSPS) is 11.8. The van der Waals surface area contributed by atoms with Crippen LogP contribution in [0.4, 0.5) is 5.69 Å². The molecule has 1 unspecified atom stereocenters. The minimum absolute atomic E-state index is 0.201. The molecule has 7 heteroatoms. The lowest BCUT2D eigenvalue weighted by molar-refractivity contribution is -0.385. The van der Waals surface area contributed by atoms with Gasteiger partial charge < -0.3 is 14.8 Å². The summed E-state index contributed by atoms with van der Waals surface area (Å²) in [6, 6.07) is 6.21. The maximum atomic E-state index is 12.1. The van der Waals surface area contributed by atoms with Gasteiger partial charge >= 0.3 is 0 Å². The fourth-order valence-electron chi connectivity index (χ4n) is 1.75. The number of nitrogens with one attached hydrogen (secondary N) is 1. The molecule has 1 aromatic carbocycles. The Labute approximate surface area is 114 Å². The molecule has 0 aliphatic rings. The zero-order valence-electron chi connectivity index (χ0n) is 10.6. The van der Waals surface area contributed by atoms with Crippen molar-refractivity contribution in [3.8, 4) is 5.75 Å². The number of nitro groups is 1. The van der Waals surface area contributed by atoms with Gasteiger partial charge in [0.2, 0.25) is 0 Å². The maximum Gasteiger partial charge on any atom is 0.282 e. The van der Waals surface area contributed by atoms with Gasteiger partial charge in [0.05, 0.1) is 17.2 Å². The summed E-state index contributed by atoms with van der Waals surface area (Å²) >= 11 is 0. The third-order valence-corrected chi connectivity index (χ3v) is 2.74. The number of rotatable bonds is 4. The van der Waals surface area contributed by atoms with Crippen LogP contribution in [0, 0.1) is 10.1 Å². The van der Waals surface area contributed by atoms with Gasteiger partial charge in [-0.15, -0.1) is 0 Å². The lowest BCUT2D eigenvalue weighted by Crippen LogP contribution is -2.27. The van der Waals surface area contributed by atoms with Crippen molar-refractivity contribution in [3.63, 3.8) is 0 Å². The summed E-state index contributed by atoms with van der Waals surface area (Å²) in [5.74, 6) is -0.343. The van der Waals surface area contributed by atoms with E-state index < -0.39 is 16.9 Å². The molecule has 1 amide bonds. The Morgan fingerprint density at radius 1 is 1.45 bits per heavy atom. The predicted molar refractivity (Wildman–Crippen MR) is 69.4 cm³/mol. The first-order valence-electron chi connectivity index (χ1n) is 5.80. The van der Waals surface area contributed by atoms with Gasteiger partial charge in [-0.2, -0.15) is 0 Å². The molecule has 2 rings (SSSR count). The van der Waals surface area contributed by atoms with Crippen molar-refractivity contribution in [1.29, 1.82) is 0 Å². The van der Waals surface area contributed by atoms with E-state index >= 15 is 0 Å². The highest BCUT2D eigenvalue weighted by Crippen LogP contribution is 2.24. The molecular weight excluding hydrogens is 264 g/mol. The molecule has 104 valence electrons. The minimum atomic E-state index is -0.675. The van der Waals surface area contributed by atoms with E-state index in [9.17, 15) is 20.0 Å². The number of nitrogens with zero attached hydrogens (tertiary/aromatic N) is 1. The van der Waals surface area contributed by atoms with E-state index in [-0.39, 0.29) is 17.0 Å². The van der Waals surface area contributed by atoms with E-state index in [0.717, 1.165) is 18.2 Å². The Balaban J connectivity index is 2.25. The predicted octanol–water partition coefficient (Wildman–Crippen LogP) is 2.38. The first-order valence-corrected chi connectivity index (χ1v) is 5.80. The van der Waals surface area contributed by atoms with Crippen molar-refractivity contribution in [2.45, 2.75) is 13.0 Å². The van der Waals surface area contributed by atoms with Crippen molar-refractivity contribution in [2.75, 3.05) is 0 Å². The van der Waals surface area contributed by atoms with Crippen LogP contribution in [0.3, 0.4) is 0 Å². The summed E-state index contributed by atoms with van der Waals surface area (Å²) in [5.41, 5.74) is -0.569. The van der Waals surface area contributed by atoms with Gasteiger partial charge in [0.25, 0.3) is 11.6 Å². The average Bonchev–Trinajstić information content (AvgIpc) is 2.92. The van der Waals surface area contributed by atoms with Gasteiger partial charge in [0, 0.05) is 6.07 Å². The number of hydrogen-bond donors (Lipinski definition) is 2. The SMILES string of the molecule is CC(NC(=O)c1cc(O)ccc1[N+](=O)[O-])c1ccco1. The molecule has 20 heavy (non-hydrogen) atoms. The molecule has 0 aliphatic heterocycles. The molecule has 0 aliphatic carbocycles. The number of phenols is 1. The standard InChI is InChI=1S/C13H12N2O5/c1-8(12-3-2-6-20-12)14-13(17)10-7-9(16)4-5-11(10)15(18)19/h2-8,16H,1H3,(H,14,17). The number of benzene rings is 1. The maximum absolute atomic E-state index is 12.1. The Morgan fingerprint density at radius 2 is 2.20 bits per heavy atom. The summed E-state index contributed by atoms with van der Waals surface area (Å²) in [6.45, 7) is 1.69. The van der Waals surface area contributed by atoms with Crippen LogP contribution >= 0.6 is 0 Å². The summed E-state index contributed by atoms with van der Waals surface area (Å²) in [6.07, 6.45) is 1.47. The van der Waals surface area contributed by atoms with Crippen LogP contribution in [0.2, 0.25) is 0 Å². The molecule has 0 fully saturated rings. The third-order valence-electron chi connectivity index (χ3n) is 2.74. The van der Waals surface area contributed by atoms with Gasteiger partial charge in [-0.25, -0.2) is 0 Å². The zero-order chi connectivity index (χ0) is 14.7. The molecule has 0 saturated carbocycles. The molecule has 1 atom stereocenters. The van der Waals surface area contributed by atoms with Crippen LogP contribution in [0.15, 0.2) is 41.0 Å². The van der Waals surface area contributed by atoms with Gasteiger partial charge in [-0.3, -0.25) is 14.9 Å². The van der Waals surface area contributed by atoms with Crippen molar-refractivity contribution < 1.29 is 19.2 Å². The lowest BCUT2D eigenvalue weighted by Gasteiger charge is -2.11. The summed E-state index contributed by atoms with van der Waals surface area (Å²) < 4.78 is 5.14. The van der Waals surface area contributed by atoms with Crippen LogP contribution in [0.5, 0.6) is 5.75 Å². The fraction of sp³-hybridized carbons (Fsp3) is 0.154. The Bertz CT molecular complexity index is 636. The van der Waals surface area contributed by atoms with Crippen molar-refractivity contribution >= 4 is 11.6 Å². The van der Waals surface area contributed by atoms with E-state index in [2.05, 4.69) is 5.32 Å². The van der Waals surface area contributed by atoms with Crippen molar-refractivity contribution in [3.05, 3.63) is 58.0 Å². The van der Waals surface area contributed by atoms with Crippen LogP contribution in [-0.4, -0.2) is 15.9 Å². The van der Waals surface area contributed by atoms with E-state index in [1.807, 2.05) is 0 Å².